The second-order valence-electron chi connectivity index (χ2n) is 5.34. The monoisotopic (exact) mass is 378 g/mol. The van der Waals surface area contributed by atoms with Gasteiger partial charge < -0.3 is 14.9 Å². The van der Waals surface area contributed by atoms with E-state index in [9.17, 15) is 5.21 Å². The maximum Gasteiger partial charge on any atom is 0.171 e. The van der Waals surface area contributed by atoms with Gasteiger partial charge in [-0.3, -0.25) is 4.65 Å². The zero-order valence-electron chi connectivity index (χ0n) is 11.7. The highest BCUT2D eigenvalue weighted by Crippen LogP contribution is 2.48. The molecule has 112 valence electrons. The lowest BCUT2D eigenvalue weighted by Gasteiger charge is -2.38. The molecule has 4 rings (SSSR count). The Bertz CT molecular complexity index is 910. The Kier molecular flexibility index (Phi) is 2.99. The third-order valence-electron chi connectivity index (χ3n) is 4.03. The molecule has 3 aromatic rings. The summed E-state index contributed by atoms with van der Waals surface area (Å²) >= 11 is 9.69. The van der Waals surface area contributed by atoms with Gasteiger partial charge in [-0.1, -0.05) is 27.5 Å². The first-order valence-corrected chi connectivity index (χ1v) is 7.93. The topological polar surface area (TPSA) is 52.4 Å². The SMILES string of the molecule is Cc1c2c(cn3ccnc13)NC[N+]2([O-])c1ccc(Br)cc1Cl. The Morgan fingerprint density at radius 3 is 3.05 bits per heavy atom. The lowest BCUT2D eigenvalue weighted by atomic mass is 10.2. The van der Waals surface area contributed by atoms with E-state index in [0.29, 0.717) is 16.4 Å². The summed E-state index contributed by atoms with van der Waals surface area (Å²) in [4.78, 5) is 4.34. The number of imidazole rings is 1. The van der Waals surface area contributed by atoms with Crippen molar-refractivity contribution >= 4 is 50.2 Å². The van der Waals surface area contributed by atoms with Crippen LogP contribution in [-0.4, -0.2) is 16.1 Å². The van der Waals surface area contributed by atoms with E-state index in [1.807, 2.05) is 29.8 Å². The van der Waals surface area contributed by atoms with Gasteiger partial charge >= 0.3 is 0 Å². The summed E-state index contributed by atoms with van der Waals surface area (Å²) < 4.78 is 2.14. The summed E-state index contributed by atoms with van der Waals surface area (Å²) in [5.41, 5.74) is 3.66. The lowest BCUT2D eigenvalue weighted by molar-refractivity contribution is 0.566. The van der Waals surface area contributed by atoms with Crippen molar-refractivity contribution in [3.8, 4) is 0 Å². The number of nitrogens with one attached hydrogen (secondary N) is 1. The zero-order chi connectivity index (χ0) is 15.5. The van der Waals surface area contributed by atoms with Crippen LogP contribution in [-0.2, 0) is 0 Å². The minimum Gasteiger partial charge on any atom is -0.620 e. The average molecular weight is 380 g/mol. The van der Waals surface area contributed by atoms with Crippen molar-refractivity contribution < 1.29 is 0 Å². The van der Waals surface area contributed by atoms with E-state index in [1.165, 1.54) is 0 Å². The molecule has 0 fully saturated rings. The largest absolute Gasteiger partial charge is 0.620 e. The highest BCUT2D eigenvalue weighted by atomic mass is 79.9. The standard InChI is InChI=1S/C15H12BrClN4O/c1-9-14-12(7-20-5-4-18-15(9)20)19-8-21(14,22)13-3-2-10(16)6-11(13)17/h2-7,19H,8H2,1H3. The summed E-state index contributed by atoms with van der Waals surface area (Å²) in [6.45, 7) is 2.14. The fourth-order valence-electron chi connectivity index (χ4n) is 3.07. The minimum absolute atomic E-state index is 0.213. The molecule has 0 radical (unpaired) electrons. The number of hydroxylamine groups is 1. The van der Waals surface area contributed by atoms with E-state index in [-0.39, 0.29) is 6.67 Å². The third-order valence-corrected chi connectivity index (χ3v) is 4.83. The number of anilines is 1. The molecule has 0 bridgehead atoms. The van der Waals surface area contributed by atoms with Crippen LogP contribution in [0.15, 0.2) is 41.3 Å². The summed E-state index contributed by atoms with van der Waals surface area (Å²) in [7, 11) is 0. The summed E-state index contributed by atoms with van der Waals surface area (Å²) in [5, 5.41) is 17.2. The lowest BCUT2D eigenvalue weighted by Crippen LogP contribution is -2.37. The third kappa shape index (κ3) is 1.82. The van der Waals surface area contributed by atoms with Gasteiger partial charge in [-0.25, -0.2) is 4.98 Å². The predicted octanol–water partition coefficient (Wildman–Crippen LogP) is 4.58. The minimum atomic E-state index is -0.628. The number of benzene rings is 1. The molecule has 0 saturated carbocycles. The van der Waals surface area contributed by atoms with Gasteiger partial charge in [0.15, 0.2) is 18.0 Å². The van der Waals surface area contributed by atoms with Crippen molar-refractivity contribution in [1.82, 2.24) is 14.0 Å². The van der Waals surface area contributed by atoms with Crippen molar-refractivity contribution in [2.45, 2.75) is 6.92 Å². The van der Waals surface area contributed by atoms with Crippen LogP contribution in [0.5, 0.6) is 0 Å². The van der Waals surface area contributed by atoms with Gasteiger partial charge in [-0.15, -0.1) is 0 Å². The van der Waals surface area contributed by atoms with Gasteiger partial charge in [0.05, 0.1) is 5.56 Å². The van der Waals surface area contributed by atoms with Crippen LogP contribution < -0.4 is 9.96 Å². The predicted molar refractivity (Wildman–Crippen MR) is 92.4 cm³/mol. The number of quaternary nitrogens is 1. The van der Waals surface area contributed by atoms with Crippen LogP contribution in [0.4, 0.5) is 17.1 Å². The number of rotatable bonds is 1. The van der Waals surface area contributed by atoms with Crippen LogP contribution in [0.2, 0.25) is 5.02 Å². The number of aryl methyl sites for hydroxylation is 1. The molecule has 1 atom stereocenters. The first-order chi connectivity index (χ1) is 10.5. The fourth-order valence-corrected chi connectivity index (χ4v) is 3.88. The molecule has 5 nitrogen and oxygen atoms in total. The molecule has 22 heavy (non-hydrogen) atoms. The van der Waals surface area contributed by atoms with E-state index >= 15 is 0 Å². The van der Waals surface area contributed by atoms with Crippen LogP contribution in [0, 0.1) is 12.1 Å². The van der Waals surface area contributed by atoms with E-state index < -0.39 is 4.65 Å². The molecule has 0 aliphatic carbocycles. The summed E-state index contributed by atoms with van der Waals surface area (Å²) in [6, 6.07) is 5.35. The Balaban J connectivity index is 2.00. The maximum absolute atomic E-state index is 13.6. The van der Waals surface area contributed by atoms with Crippen molar-refractivity contribution in [3.05, 3.63) is 57.1 Å². The van der Waals surface area contributed by atoms with E-state index in [1.54, 1.807) is 18.3 Å². The second kappa shape index (κ2) is 4.70. The van der Waals surface area contributed by atoms with Crippen LogP contribution >= 0.6 is 27.5 Å². The molecule has 2 aromatic heterocycles. The second-order valence-corrected chi connectivity index (χ2v) is 6.67. The number of fused-ring (bicyclic) bond motifs is 2. The highest BCUT2D eigenvalue weighted by molar-refractivity contribution is 9.10. The smallest absolute Gasteiger partial charge is 0.171 e. The zero-order valence-corrected chi connectivity index (χ0v) is 14.0. The molecule has 0 amide bonds. The normalized spacial score (nSPS) is 20.2. The summed E-state index contributed by atoms with van der Waals surface area (Å²) in [5.74, 6) is 0. The number of nitrogens with zero attached hydrogens (tertiary/aromatic N) is 3. The van der Waals surface area contributed by atoms with Gasteiger partial charge in [0.1, 0.15) is 16.4 Å². The van der Waals surface area contributed by atoms with Gasteiger partial charge in [0.2, 0.25) is 0 Å². The molecule has 3 heterocycles. The number of aromatic nitrogens is 2. The molecule has 0 saturated heterocycles. The number of hydrogen-bond donors (Lipinski definition) is 1. The average Bonchev–Trinajstić information content (AvgIpc) is 3.05. The molecule has 1 aliphatic heterocycles. The quantitative estimate of drug-likeness (QED) is 0.497. The highest BCUT2D eigenvalue weighted by Gasteiger charge is 2.37. The first kappa shape index (κ1) is 14.0. The molecular weight excluding hydrogens is 368 g/mol. The van der Waals surface area contributed by atoms with Crippen molar-refractivity contribution in [1.29, 1.82) is 0 Å². The molecular formula is C15H12BrClN4O. The molecule has 1 aromatic carbocycles. The number of halogens is 2. The van der Waals surface area contributed by atoms with Gasteiger partial charge in [-0.05, 0) is 19.1 Å². The molecule has 1 aliphatic rings. The Labute approximate surface area is 140 Å². The van der Waals surface area contributed by atoms with Gasteiger partial charge in [0.25, 0.3) is 0 Å². The van der Waals surface area contributed by atoms with Crippen LogP contribution in [0.25, 0.3) is 5.65 Å². The molecule has 1 N–H and O–H groups in total. The number of pyridine rings is 1. The molecule has 7 heteroatoms. The molecule has 1 unspecified atom stereocenters. The van der Waals surface area contributed by atoms with Gasteiger partial charge in [0, 0.05) is 29.1 Å². The number of hydrogen-bond acceptors (Lipinski definition) is 3. The van der Waals surface area contributed by atoms with Gasteiger partial charge in [-0.2, -0.15) is 0 Å². The van der Waals surface area contributed by atoms with Crippen molar-refractivity contribution in [2.24, 2.45) is 0 Å². The van der Waals surface area contributed by atoms with E-state index in [0.717, 1.165) is 21.4 Å². The Morgan fingerprint density at radius 1 is 1.45 bits per heavy atom. The Morgan fingerprint density at radius 2 is 2.27 bits per heavy atom. The van der Waals surface area contributed by atoms with Crippen LogP contribution in [0.1, 0.15) is 5.56 Å². The molecule has 0 spiro atoms. The Hall–Kier alpha value is -1.60. The van der Waals surface area contributed by atoms with E-state index in [2.05, 4.69) is 26.2 Å². The van der Waals surface area contributed by atoms with Crippen molar-refractivity contribution in [3.63, 3.8) is 0 Å². The first-order valence-electron chi connectivity index (χ1n) is 6.76. The van der Waals surface area contributed by atoms with E-state index in [4.69, 9.17) is 11.6 Å². The van der Waals surface area contributed by atoms with Crippen molar-refractivity contribution in [2.75, 3.05) is 12.0 Å². The fraction of sp³-hybridized carbons (Fsp3) is 0.133. The summed E-state index contributed by atoms with van der Waals surface area (Å²) in [6.07, 6.45) is 5.49. The maximum atomic E-state index is 13.6. The van der Waals surface area contributed by atoms with Crippen LogP contribution in [0.3, 0.4) is 0 Å².